The van der Waals surface area contributed by atoms with Crippen LogP contribution in [-0.2, 0) is 5.54 Å². The van der Waals surface area contributed by atoms with Gasteiger partial charge in [0.1, 0.15) is 5.82 Å². The van der Waals surface area contributed by atoms with Gasteiger partial charge in [-0.15, -0.1) is 0 Å². The minimum Gasteiger partial charge on any atom is -0.322 e. The molecule has 0 spiro atoms. The van der Waals surface area contributed by atoms with E-state index in [4.69, 9.17) is 5.73 Å². The van der Waals surface area contributed by atoms with Crippen LogP contribution in [0.1, 0.15) is 50.3 Å². The highest BCUT2D eigenvalue weighted by atomic mass is 19.1. The van der Waals surface area contributed by atoms with Gasteiger partial charge in [0, 0.05) is 5.54 Å². The normalized spacial score (nSPS) is 12.3. The molecule has 1 aromatic rings. The summed E-state index contributed by atoms with van der Waals surface area (Å²) >= 11 is 0. The number of nitrogens with two attached hydrogens (primary N) is 1. The van der Waals surface area contributed by atoms with Crippen LogP contribution in [0.25, 0.3) is 0 Å². The molecule has 1 aromatic carbocycles. The van der Waals surface area contributed by atoms with E-state index in [1.807, 2.05) is 40.7 Å². The van der Waals surface area contributed by atoms with Crippen LogP contribution < -0.4 is 5.73 Å². The maximum atomic E-state index is 13.6. The van der Waals surface area contributed by atoms with Crippen molar-refractivity contribution in [2.75, 3.05) is 0 Å². The zero-order valence-corrected chi connectivity index (χ0v) is 10.2. The summed E-state index contributed by atoms with van der Waals surface area (Å²) in [5, 5.41) is 0. The van der Waals surface area contributed by atoms with E-state index in [0.29, 0.717) is 0 Å². The van der Waals surface area contributed by atoms with E-state index in [2.05, 4.69) is 0 Å². The second kappa shape index (κ2) is 3.93. The molecule has 1 rings (SSSR count). The molecule has 0 fully saturated rings. The molecule has 15 heavy (non-hydrogen) atoms. The average molecular weight is 209 g/mol. The Morgan fingerprint density at radius 2 is 1.80 bits per heavy atom. The van der Waals surface area contributed by atoms with Crippen LogP contribution in [0.15, 0.2) is 12.1 Å². The zero-order chi connectivity index (χ0) is 11.8. The number of aryl methyl sites for hydroxylation is 1. The van der Waals surface area contributed by atoms with Crippen molar-refractivity contribution >= 4 is 0 Å². The van der Waals surface area contributed by atoms with Crippen LogP contribution in [0.2, 0.25) is 0 Å². The zero-order valence-electron chi connectivity index (χ0n) is 10.2. The number of benzene rings is 1. The molecule has 0 radical (unpaired) electrons. The van der Waals surface area contributed by atoms with Crippen molar-refractivity contribution in [1.82, 2.24) is 0 Å². The molecule has 0 aliphatic carbocycles. The van der Waals surface area contributed by atoms with Gasteiger partial charge in [0.05, 0.1) is 0 Å². The van der Waals surface area contributed by atoms with Crippen molar-refractivity contribution in [2.45, 2.75) is 46.1 Å². The van der Waals surface area contributed by atoms with E-state index >= 15 is 0 Å². The van der Waals surface area contributed by atoms with E-state index in [1.54, 1.807) is 6.07 Å². The van der Waals surface area contributed by atoms with Crippen LogP contribution in [0, 0.1) is 12.7 Å². The summed E-state index contributed by atoms with van der Waals surface area (Å²) in [4.78, 5) is 0. The molecule has 84 valence electrons. The summed E-state index contributed by atoms with van der Waals surface area (Å²) in [5.41, 5.74) is 8.33. The van der Waals surface area contributed by atoms with Crippen LogP contribution in [0.5, 0.6) is 0 Å². The maximum Gasteiger partial charge on any atom is 0.126 e. The Hall–Kier alpha value is -0.890. The summed E-state index contributed by atoms with van der Waals surface area (Å²) in [6.07, 6.45) is 0. The second-order valence-corrected chi connectivity index (χ2v) is 5.07. The lowest BCUT2D eigenvalue weighted by atomic mass is 9.87. The van der Waals surface area contributed by atoms with Crippen LogP contribution in [0.4, 0.5) is 4.39 Å². The Morgan fingerprint density at radius 3 is 2.20 bits per heavy atom. The number of hydrogen-bond acceptors (Lipinski definition) is 1. The smallest absolute Gasteiger partial charge is 0.126 e. The average Bonchev–Trinajstić information content (AvgIpc) is 2.00. The number of rotatable bonds is 2. The molecule has 0 amide bonds. The topological polar surface area (TPSA) is 26.0 Å². The highest BCUT2D eigenvalue weighted by Crippen LogP contribution is 2.27. The molecular formula is C13H20FN. The summed E-state index contributed by atoms with van der Waals surface area (Å²) in [7, 11) is 0. The Bertz CT molecular complexity index is 362. The van der Waals surface area contributed by atoms with Gasteiger partial charge in [0.25, 0.3) is 0 Å². The Labute approximate surface area is 91.5 Å². The molecular weight excluding hydrogens is 189 g/mol. The number of halogens is 1. The van der Waals surface area contributed by atoms with E-state index in [0.717, 1.165) is 16.7 Å². The first-order valence-corrected chi connectivity index (χ1v) is 5.33. The lowest BCUT2D eigenvalue weighted by molar-refractivity contribution is 0.540. The Balaban J connectivity index is 3.37. The van der Waals surface area contributed by atoms with Crippen molar-refractivity contribution in [2.24, 2.45) is 5.73 Å². The molecule has 1 nitrogen and oxygen atoms in total. The van der Waals surface area contributed by atoms with Gasteiger partial charge in [-0.25, -0.2) is 4.39 Å². The van der Waals surface area contributed by atoms with Crippen molar-refractivity contribution in [3.63, 3.8) is 0 Å². The molecule has 0 aliphatic rings. The fraction of sp³-hybridized carbons (Fsp3) is 0.538. The van der Waals surface area contributed by atoms with E-state index in [1.165, 1.54) is 0 Å². The van der Waals surface area contributed by atoms with Gasteiger partial charge in [0.2, 0.25) is 0 Å². The standard InChI is InChI=1S/C13H20FN/c1-8(2)10-7-11(13(4,5)15)9(3)6-12(10)14/h6-8H,15H2,1-5H3. The van der Waals surface area contributed by atoms with Gasteiger partial charge < -0.3 is 5.73 Å². The van der Waals surface area contributed by atoms with Crippen molar-refractivity contribution in [1.29, 1.82) is 0 Å². The van der Waals surface area contributed by atoms with E-state index in [-0.39, 0.29) is 11.7 Å². The summed E-state index contributed by atoms with van der Waals surface area (Å²) < 4.78 is 13.6. The monoisotopic (exact) mass is 209 g/mol. The molecule has 0 aliphatic heterocycles. The molecule has 0 bridgehead atoms. The molecule has 0 heterocycles. The lowest BCUT2D eigenvalue weighted by Gasteiger charge is -2.23. The Morgan fingerprint density at radius 1 is 1.27 bits per heavy atom. The van der Waals surface area contributed by atoms with Crippen molar-refractivity contribution in [3.05, 3.63) is 34.6 Å². The van der Waals surface area contributed by atoms with Crippen molar-refractivity contribution in [3.8, 4) is 0 Å². The highest BCUT2D eigenvalue weighted by Gasteiger charge is 2.19. The first-order chi connectivity index (χ1) is 6.73. The number of hydrogen-bond donors (Lipinski definition) is 1. The first kappa shape index (κ1) is 12.2. The maximum absolute atomic E-state index is 13.6. The third kappa shape index (κ3) is 2.57. The Kier molecular flexibility index (Phi) is 3.19. The van der Waals surface area contributed by atoms with Crippen LogP contribution in [-0.4, -0.2) is 0 Å². The van der Waals surface area contributed by atoms with E-state index in [9.17, 15) is 4.39 Å². The van der Waals surface area contributed by atoms with Gasteiger partial charge in [0.15, 0.2) is 0 Å². The van der Waals surface area contributed by atoms with Gasteiger partial charge >= 0.3 is 0 Å². The SMILES string of the molecule is Cc1cc(F)c(C(C)C)cc1C(C)(C)N. The van der Waals surface area contributed by atoms with Crippen molar-refractivity contribution < 1.29 is 4.39 Å². The fourth-order valence-corrected chi connectivity index (χ4v) is 1.83. The third-order valence-electron chi connectivity index (χ3n) is 2.66. The largest absolute Gasteiger partial charge is 0.322 e. The predicted octanol–water partition coefficient (Wildman–Crippen LogP) is 3.45. The van der Waals surface area contributed by atoms with Gasteiger partial charge in [-0.2, -0.15) is 0 Å². The second-order valence-electron chi connectivity index (χ2n) is 5.07. The predicted molar refractivity (Wildman–Crippen MR) is 62.4 cm³/mol. The van der Waals surface area contributed by atoms with Gasteiger partial charge in [-0.05, 0) is 49.4 Å². The summed E-state index contributed by atoms with van der Waals surface area (Å²) in [5.74, 6) is 0.0576. The molecule has 0 saturated heterocycles. The molecule has 0 saturated carbocycles. The molecule has 2 heteroatoms. The molecule has 0 aromatic heterocycles. The van der Waals surface area contributed by atoms with Gasteiger partial charge in [-0.1, -0.05) is 19.9 Å². The first-order valence-electron chi connectivity index (χ1n) is 5.33. The molecule has 0 unspecified atom stereocenters. The minimum atomic E-state index is -0.415. The lowest BCUT2D eigenvalue weighted by Crippen LogP contribution is -2.30. The molecule has 0 atom stereocenters. The third-order valence-corrected chi connectivity index (χ3v) is 2.66. The van der Waals surface area contributed by atoms with E-state index < -0.39 is 5.54 Å². The van der Waals surface area contributed by atoms with Crippen LogP contribution >= 0.6 is 0 Å². The summed E-state index contributed by atoms with van der Waals surface area (Å²) in [6.45, 7) is 9.76. The summed E-state index contributed by atoms with van der Waals surface area (Å²) in [6, 6.07) is 3.48. The fourth-order valence-electron chi connectivity index (χ4n) is 1.83. The van der Waals surface area contributed by atoms with Crippen LogP contribution in [0.3, 0.4) is 0 Å². The highest BCUT2D eigenvalue weighted by molar-refractivity contribution is 5.37. The van der Waals surface area contributed by atoms with Gasteiger partial charge in [-0.3, -0.25) is 0 Å². The molecule has 2 N–H and O–H groups in total. The quantitative estimate of drug-likeness (QED) is 0.793. The minimum absolute atomic E-state index is 0.129.